The topological polar surface area (TPSA) is 75.7 Å². The van der Waals surface area contributed by atoms with E-state index in [2.05, 4.69) is 5.32 Å². The fraction of sp³-hybridized carbons (Fsp3) is 0.138. The van der Waals surface area contributed by atoms with E-state index in [-0.39, 0.29) is 18.0 Å². The number of rotatable bonds is 9. The van der Waals surface area contributed by atoms with Gasteiger partial charge in [-0.1, -0.05) is 77.9 Å². The Morgan fingerprint density at radius 2 is 1.50 bits per heavy atom. The number of anilines is 1. The van der Waals surface area contributed by atoms with Crippen LogP contribution in [0.3, 0.4) is 0 Å². The lowest BCUT2D eigenvalue weighted by molar-refractivity contribution is -0.116. The SMILES string of the molecule is Cc1ccc(S(=O)(=O)N(CC(=O)Nc2ccccc2Oc2ccccc2)Cc2cccc(C)c2)cc1. The van der Waals surface area contributed by atoms with Crippen LogP contribution in [-0.2, 0) is 21.4 Å². The van der Waals surface area contributed by atoms with Crippen LogP contribution in [0.1, 0.15) is 16.7 Å². The van der Waals surface area contributed by atoms with Crippen LogP contribution in [0, 0.1) is 13.8 Å². The van der Waals surface area contributed by atoms with Gasteiger partial charge in [-0.15, -0.1) is 0 Å². The molecule has 0 bridgehead atoms. The highest BCUT2D eigenvalue weighted by Crippen LogP contribution is 2.29. The summed E-state index contributed by atoms with van der Waals surface area (Å²) in [6.45, 7) is 3.54. The van der Waals surface area contributed by atoms with Crippen molar-refractivity contribution in [2.45, 2.75) is 25.3 Å². The zero-order chi connectivity index (χ0) is 25.5. The minimum absolute atomic E-state index is 0.0630. The molecule has 6 nitrogen and oxygen atoms in total. The van der Waals surface area contributed by atoms with Crippen molar-refractivity contribution in [1.82, 2.24) is 4.31 Å². The molecule has 0 spiro atoms. The molecule has 0 radical (unpaired) electrons. The molecule has 0 aromatic heterocycles. The summed E-state index contributed by atoms with van der Waals surface area (Å²) in [6.07, 6.45) is 0. The van der Waals surface area contributed by atoms with E-state index < -0.39 is 15.9 Å². The average Bonchev–Trinajstić information content (AvgIpc) is 2.86. The summed E-state index contributed by atoms with van der Waals surface area (Å²) in [4.78, 5) is 13.3. The summed E-state index contributed by atoms with van der Waals surface area (Å²) < 4.78 is 34.2. The number of nitrogens with one attached hydrogen (secondary N) is 1. The first kappa shape index (κ1) is 25.2. The van der Waals surface area contributed by atoms with Gasteiger partial charge in [0.25, 0.3) is 0 Å². The lowest BCUT2D eigenvalue weighted by Crippen LogP contribution is -2.37. The first-order valence-electron chi connectivity index (χ1n) is 11.6. The molecule has 0 saturated heterocycles. The van der Waals surface area contributed by atoms with Crippen molar-refractivity contribution in [2.75, 3.05) is 11.9 Å². The number of carbonyl (C=O) groups is 1. The number of ether oxygens (including phenoxy) is 1. The van der Waals surface area contributed by atoms with Crippen molar-refractivity contribution >= 4 is 21.6 Å². The molecule has 0 heterocycles. The van der Waals surface area contributed by atoms with E-state index in [9.17, 15) is 13.2 Å². The lowest BCUT2D eigenvalue weighted by Gasteiger charge is -2.22. The highest BCUT2D eigenvalue weighted by Gasteiger charge is 2.27. The van der Waals surface area contributed by atoms with Crippen LogP contribution in [0.2, 0.25) is 0 Å². The summed E-state index contributed by atoms with van der Waals surface area (Å²) in [7, 11) is -3.93. The molecule has 0 atom stereocenters. The van der Waals surface area contributed by atoms with Gasteiger partial charge in [-0.25, -0.2) is 8.42 Å². The maximum absolute atomic E-state index is 13.6. The van der Waals surface area contributed by atoms with E-state index in [1.165, 1.54) is 4.31 Å². The van der Waals surface area contributed by atoms with E-state index in [0.29, 0.717) is 17.2 Å². The molecule has 184 valence electrons. The van der Waals surface area contributed by atoms with Gasteiger partial charge >= 0.3 is 0 Å². The monoisotopic (exact) mass is 500 g/mol. The molecule has 7 heteroatoms. The molecule has 4 aromatic rings. The van der Waals surface area contributed by atoms with E-state index in [4.69, 9.17) is 4.74 Å². The third kappa shape index (κ3) is 6.38. The molecule has 0 saturated carbocycles. The van der Waals surface area contributed by atoms with Crippen LogP contribution in [0.4, 0.5) is 5.69 Å². The van der Waals surface area contributed by atoms with Gasteiger partial charge in [-0.3, -0.25) is 4.79 Å². The molecule has 0 fully saturated rings. The minimum Gasteiger partial charge on any atom is -0.455 e. The largest absolute Gasteiger partial charge is 0.455 e. The van der Waals surface area contributed by atoms with Crippen LogP contribution >= 0.6 is 0 Å². The molecular weight excluding hydrogens is 472 g/mol. The van der Waals surface area contributed by atoms with Crippen molar-refractivity contribution < 1.29 is 17.9 Å². The first-order valence-corrected chi connectivity index (χ1v) is 13.0. The standard InChI is InChI=1S/C29H28N2O4S/c1-22-15-17-26(18-16-22)36(33,34)31(20-24-10-8-9-23(2)19-24)21-29(32)30-27-13-6-7-14-28(27)35-25-11-4-3-5-12-25/h3-19H,20-21H2,1-2H3,(H,30,32). The van der Waals surface area contributed by atoms with Crippen molar-refractivity contribution in [2.24, 2.45) is 0 Å². The second-order valence-corrected chi connectivity index (χ2v) is 10.5. The Morgan fingerprint density at radius 1 is 0.806 bits per heavy atom. The number of hydrogen-bond acceptors (Lipinski definition) is 4. The molecule has 0 aliphatic rings. The van der Waals surface area contributed by atoms with Crippen molar-refractivity contribution in [3.8, 4) is 11.5 Å². The average molecular weight is 501 g/mol. The number of nitrogens with zero attached hydrogens (tertiary/aromatic N) is 1. The van der Waals surface area contributed by atoms with Gasteiger partial charge in [0, 0.05) is 6.54 Å². The number of hydrogen-bond donors (Lipinski definition) is 1. The second kappa shape index (κ2) is 11.2. The Bertz CT molecular complexity index is 1440. The Morgan fingerprint density at radius 3 is 2.22 bits per heavy atom. The molecule has 0 aliphatic heterocycles. The summed E-state index contributed by atoms with van der Waals surface area (Å²) in [5.74, 6) is 0.619. The quantitative estimate of drug-likeness (QED) is 0.309. The predicted octanol–water partition coefficient (Wildman–Crippen LogP) is 5.93. The number of carbonyl (C=O) groups excluding carboxylic acids is 1. The van der Waals surface area contributed by atoms with Gasteiger partial charge in [0.05, 0.1) is 17.1 Å². The number of sulfonamides is 1. The van der Waals surface area contributed by atoms with E-state index in [0.717, 1.165) is 16.7 Å². The van der Waals surface area contributed by atoms with E-state index >= 15 is 0 Å². The summed E-state index contributed by atoms with van der Waals surface area (Å²) in [5, 5.41) is 2.82. The molecule has 36 heavy (non-hydrogen) atoms. The number of para-hydroxylation sites is 3. The molecule has 0 aliphatic carbocycles. The normalized spacial score (nSPS) is 11.3. The number of benzene rings is 4. The van der Waals surface area contributed by atoms with Gasteiger partial charge in [-0.05, 0) is 55.8 Å². The maximum Gasteiger partial charge on any atom is 0.243 e. The predicted molar refractivity (Wildman–Crippen MR) is 142 cm³/mol. The Hall–Kier alpha value is -3.94. The van der Waals surface area contributed by atoms with E-state index in [1.54, 1.807) is 48.5 Å². The smallest absolute Gasteiger partial charge is 0.243 e. The van der Waals surface area contributed by atoms with Crippen LogP contribution in [0.25, 0.3) is 0 Å². The Balaban J connectivity index is 1.58. The van der Waals surface area contributed by atoms with Gasteiger partial charge < -0.3 is 10.1 Å². The van der Waals surface area contributed by atoms with Crippen molar-refractivity contribution in [1.29, 1.82) is 0 Å². The number of aryl methyl sites for hydroxylation is 2. The molecule has 4 aromatic carbocycles. The third-order valence-corrected chi connectivity index (χ3v) is 7.36. The summed E-state index contributed by atoms with van der Waals surface area (Å²) in [6, 6.07) is 30.5. The van der Waals surface area contributed by atoms with Crippen LogP contribution in [0.15, 0.2) is 108 Å². The zero-order valence-electron chi connectivity index (χ0n) is 20.2. The van der Waals surface area contributed by atoms with Gasteiger partial charge in [0.2, 0.25) is 15.9 Å². The van der Waals surface area contributed by atoms with Gasteiger partial charge in [0.1, 0.15) is 5.75 Å². The Kier molecular flexibility index (Phi) is 7.83. The van der Waals surface area contributed by atoms with Crippen LogP contribution in [0.5, 0.6) is 11.5 Å². The third-order valence-electron chi connectivity index (χ3n) is 5.55. The van der Waals surface area contributed by atoms with Crippen molar-refractivity contribution in [3.05, 3.63) is 120 Å². The lowest BCUT2D eigenvalue weighted by atomic mass is 10.1. The minimum atomic E-state index is -3.93. The van der Waals surface area contributed by atoms with Gasteiger partial charge in [0.15, 0.2) is 5.75 Å². The summed E-state index contributed by atoms with van der Waals surface area (Å²) in [5.41, 5.74) is 3.21. The highest BCUT2D eigenvalue weighted by molar-refractivity contribution is 7.89. The fourth-order valence-corrected chi connectivity index (χ4v) is 5.11. The Labute approximate surface area is 212 Å². The molecule has 1 N–H and O–H groups in total. The first-order chi connectivity index (χ1) is 17.3. The second-order valence-electron chi connectivity index (χ2n) is 8.53. The van der Waals surface area contributed by atoms with Crippen molar-refractivity contribution in [3.63, 3.8) is 0 Å². The maximum atomic E-state index is 13.6. The highest BCUT2D eigenvalue weighted by atomic mass is 32.2. The molecule has 1 amide bonds. The summed E-state index contributed by atoms with van der Waals surface area (Å²) >= 11 is 0. The molecular formula is C29H28N2O4S. The van der Waals surface area contributed by atoms with Crippen LogP contribution in [-0.4, -0.2) is 25.2 Å². The molecule has 4 rings (SSSR count). The van der Waals surface area contributed by atoms with Crippen LogP contribution < -0.4 is 10.1 Å². The fourth-order valence-electron chi connectivity index (χ4n) is 3.72. The van der Waals surface area contributed by atoms with Gasteiger partial charge in [-0.2, -0.15) is 4.31 Å². The molecule has 0 unspecified atom stereocenters. The number of amides is 1. The zero-order valence-corrected chi connectivity index (χ0v) is 21.0. The van der Waals surface area contributed by atoms with E-state index in [1.807, 2.05) is 68.4 Å².